The predicted molar refractivity (Wildman–Crippen MR) is 132 cm³/mol. The Labute approximate surface area is 200 Å². The highest BCUT2D eigenvalue weighted by atomic mass is 127. The number of rotatable bonds is 9. The number of hydrogen-bond donors (Lipinski definition) is 3. The summed E-state index contributed by atoms with van der Waals surface area (Å²) in [4.78, 5) is 4.69. The summed E-state index contributed by atoms with van der Waals surface area (Å²) in [6, 6.07) is 12.7. The van der Waals surface area contributed by atoms with E-state index < -0.39 is 10.0 Å². The summed E-state index contributed by atoms with van der Waals surface area (Å²) in [7, 11) is -3.53. The maximum atomic E-state index is 12.3. The van der Waals surface area contributed by atoms with Crippen LogP contribution in [0.1, 0.15) is 18.1 Å². The van der Waals surface area contributed by atoms with Crippen LogP contribution >= 0.6 is 24.0 Å². The van der Waals surface area contributed by atoms with Crippen molar-refractivity contribution in [1.29, 1.82) is 0 Å². The zero-order valence-corrected chi connectivity index (χ0v) is 20.8. The molecule has 10 heteroatoms. The molecule has 0 fully saturated rings. The third-order valence-electron chi connectivity index (χ3n) is 4.49. The normalized spacial score (nSPS) is 12.9. The van der Waals surface area contributed by atoms with Gasteiger partial charge in [-0.25, -0.2) is 13.1 Å². The molecule has 8 nitrogen and oxygen atoms in total. The van der Waals surface area contributed by atoms with Crippen LogP contribution in [0.2, 0.25) is 0 Å². The van der Waals surface area contributed by atoms with Gasteiger partial charge >= 0.3 is 0 Å². The van der Waals surface area contributed by atoms with Crippen LogP contribution in [0.15, 0.2) is 52.4 Å². The molecule has 2 aromatic carbocycles. The first-order valence-electron chi connectivity index (χ1n) is 9.95. The molecule has 0 bridgehead atoms. The van der Waals surface area contributed by atoms with E-state index in [9.17, 15) is 8.42 Å². The van der Waals surface area contributed by atoms with Crippen molar-refractivity contribution >= 4 is 40.0 Å². The van der Waals surface area contributed by atoms with Crippen molar-refractivity contribution < 1.29 is 17.9 Å². The number of sulfonamides is 1. The first kappa shape index (κ1) is 25.2. The number of fused-ring (bicyclic) bond motifs is 1. The van der Waals surface area contributed by atoms with E-state index >= 15 is 0 Å². The number of guanidine groups is 1. The first-order valence-corrected chi connectivity index (χ1v) is 11.4. The second-order valence-electron chi connectivity index (χ2n) is 6.84. The minimum absolute atomic E-state index is 0. The van der Waals surface area contributed by atoms with Crippen molar-refractivity contribution in [3.63, 3.8) is 0 Å². The summed E-state index contributed by atoms with van der Waals surface area (Å²) in [6.45, 7) is 6.10. The molecule has 170 valence electrons. The van der Waals surface area contributed by atoms with Gasteiger partial charge in [0.05, 0.1) is 11.4 Å². The van der Waals surface area contributed by atoms with Crippen LogP contribution in [0.3, 0.4) is 0 Å². The molecule has 3 rings (SSSR count). The van der Waals surface area contributed by atoms with Gasteiger partial charge in [-0.3, -0.25) is 4.99 Å². The summed E-state index contributed by atoms with van der Waals surface area (Å²) < 4.78 is 37.9. The SMILES string of the molecule is CCNC(=NCCNS(=O)(=O)c1ccc(C)cc1)NCCc1ccc2c(c1)OCO2.I. The van der Waals surface area contributed by atoms with Gasteiger partial charge < -0.3 is 20.1 Å². The van der Waals surface area contributed by atoms with E-state index in [1.807, 2.05) is 32.0 Å². The Bertz CT molecular complexity index is 981. The molecule has 0 atom stereocenters. The molecule has 0 aliphatic carbocycles. The van der Waals surface area contributed by atoms with Gasteiger partial charge in [0.25, 0.3) is 0 Å². The van der Waals surface area contributed by atoms with Crippen LogP contribution < -0.4 is 24.8 Å². The lowest BCUT2D eigenvalue weighted by Gasteiger charge is -2.12. The number of nitrogens with zero attached hydrogens (tertiary/aromatic N) is 1. The molecule has 0 saturated carbocycles. The predicted octanol–water partition coefficient (Wildman–Crippen LogP) is 2.42. The fourth-order valence-electron chi connectivity index (χ4n) is 2.91. The van der Waals surface area contributed by atoms with E-state index in [0.29, 0.717) is 25.6 Å². The fourth-order valence-corrected chi connectivity index (χ4v) is 3.93. The van der Waals surface area contributed by atoms with Crippen molar-refractivity contribution in [2.24, 2.45) is 4.99 Å². The maximum absolute atomic E-state index is 12.3. The van der Waals surface area contributed by atoms with Crippen molar-refractivity contribution in [2.75, 3.05) is 33.0 Å². The first-order chi connectivity index (χ1) is 14.5. The Morgan fingerprint density at radius 1 is 1.03 bits per heavy atom. The zero-order valence-electron chi connectivity index (χ0n) is 17.7. The number of hydrogen-bond acceptors (Lipinski definition) is 5. The summed E-state index contributed by atoms with van der Waals surface area (Å²) in [5, 5.41) is 6.43. The molecule has 0 aromatic heterocycles. The lowest BCUT2D eigenvalue weighted by Crippen LogP contribution is -2.39. The van der Waals surface area contributed by atoms with E-state index in [4.69, 9.17) is 9.47 Å². The molecule has 1 aliphatic rings. The Hall–Kier alpha value is -2.05. The maximum Gasteiger partial charge on any atom is 0.240 e. The highest BCUT2D eigenvalue weighted by Crippen LogP contribution is 2.32. The smallest absolute Gasteiger partial charge is 0.240 e. The summed E-state index contributed by atoms with van der Waals surface area (Å²) in [5.74, 6) is 2.19. The molecule has 0 amide bonds. The molecule has 0 saturated heterocycles. The molecule has 31 heavy (non-hydrogen) atoms. The van der Waals surface area contributed by atoms with E-state index in [0.717, 1.165) is 29.0 Å². The minimum Gasteiger partial charge on any atom is -0.454 e. The van der Waals surface area contributed by atoms with Gasteiger partial charge in [-0.05, 0) is 50.1 Å². The molecule has 1 aliphatic heterocycles. The summed E-state index contributed by atoms with van der Waals surface area (Å²) in [6.07, 6.45) is 0.793. The number of aliphatic imine (C=N–C) groups is 1. The minimum atomic E-state index is -3.53. The second-order valence-corrected chi connectivity index (χ2v) is 8.60. The molecule has 2 aromatic rings. The van der Waals surface area contributed by atoms with Gasteiger partial charge in [0.15, 0.2) is 17.5 Å². The molecule has 1 heterocycles. The Balaban J connectivity index is 0.00000341. The Morgan fingerprint density at radius 3 is 2.52 bits per heavy atom. The van der Waals surface area contributed by atoms with Gasteiger partial charge in [0, 0.05) is 19.6 Å². The van der Waals surface area contributed by atoms with Crippen LogP contribution in [0, 0.1) is 6.92 Å². The zero-order chi connectivity index (χ0) is 21.4. The standard InChI is InChI=1S/C21H28N4O4S.HI/c1-3-22-21(23-11-10-17-6-9-19-20(14-17)29-15-28-19)24-12-13-25-30(26,27)18-7-4-16(2)5-8-18;/h4-9,14,25H,3,10-13,15H2,1-2H3,(H2,22,23,24);1H. The van der Waals surface area contributed by atoms with Crippen LogP contribution in [0.25, 0.3) is 0 Å². The Morgan fingerprint density at radius 2 is 1.77 bits per heavy atom. The molecule has 0 spiro atoms. The van der Waals surface area contributed by atoms with Gasteiger partial charge in [-0.1, -0.05) is 23.8 Å². The largest absolute Gasteiger partial charge is 0.454 e. The topological polar surface area (TPSA) is 101 Å². The number of ether oxygens (including phenoxy) is 2. The van der Waals surface area contributed by atoms with Gasteiger partial charge in [-0.15, -0.1) is 24.0 Å². The quantitative estimate of drug-likeness (QED) is 0.189. The Kier molecular flexibility index (Phi) is 9.85. The highest BCUT2D eigenvalue weighted by molar-refractivity contribution is 14.0. The number of benzene rings is 2. The number of halogens is 1. The molecular weight excluding hydrogens is 531 g/mol. The third kappa shape index (κ3) is 7.54. The summed E-state index contributed by atoms with van der Waals surface area (Å²) >= 11 is 0. The number of nitrogens with one attached hydrogen (secondary N) is 3. The van der Waals surface area contributed by atoms with E-state index in [2.05, 4.69) is 20.3 Å². The molecule has 0 unspecified atom stereocenters. The molecular formula is C21H29IN4O4S. The highest BCUT2D eigenvalue weighted by Gasteiger charge is 2.14. The van der Waals surface area contributed by atoms with Gasteiger partial charge in [0.1, 0.15) is 0 Å². The molecule has 3 N–H and O–H groups in total. The van der Waals surface area contributed by atoms with Crippen molar-refractivity contribution in [3.8, 4) is 11.5 Å². The van der Waals surface area contributed by atoms with E-state index in [-0.39, 0.29) is 42.2 Å². The van der Waals surface area contributed by atoms with Crippen molar-refractivity contribution in [2.45, 2.75) is 25.2 Å². The van der Waals surface area contributed by atoms with Gasteiger partial charge in [0.2, 0.25) is 16.8 Å². The fraction of sp³-hybridized carbons (Fsp3) is 0.381. The van der Waals surface area contributed by atoms with Crippen LogP contribution in [-0.4, -0.2) is 47.3 Å². The number of aryl methyl sites for hydroxylation is 1. The van der Waals surface area contributed by atoms with E-state index in [1.54, 1.807) is 24.3 Å². The van der Waals surface area contributed by atoms with Crippen LogP contribution in [0.5, 0.6) is 11.5 Å². The van der Waals surface area contributed by atoms with Gasteiger partial charge in [-0.2, -0.15) is 0 Å². The lowest BCUT2D eigenvalue weighted by atomic mass is 10.1. The molecule has 0 radical (unpaired) electrons. The van der Waals surface area contributed by atoms with E-state index in [1.165, 1.54) is 0 Å². The summed E-state index contributed by atoms with van der Waals surface area (Å²) in [5.41, 5.74) is 2.15. The third-order valence-corrected chi connectivity index (χ3v) is 5.97. The van der Waals surface area contributed by atoms with Crippen molar-refractivity contribution in [1.82, 2.24) is 15.4 Å². The van der Waals surface area contributed by atoms with Crippen LogP contribution in [0.4, 0.5) is 0 Å². The average molecular weight is 560 g/mol. The monoisotopic (exact) mass is 560 g/mol. The lowest BCUT2D eigenvalue weighted by molar-refractivity contribution is 0.174. The second kappa shape index (κ2) is 12.1. The average Bonchev–Trinajstić information content (AvgIpc) is 3.19. The van der Waals surface area contributed by atoms with Crippen LogP contribution in [-0.2, 0) is 16.4 Å². The van der Waals surface area contributed by atoms with Crippen molar-refractivity contribution in [3.05, 3.63) is 53.6 Å².